The maximum absolute atomic E-state index is 13.2. The van der Waals surface area contributed by atoms with Gasteiger partial charge >= 0.3 is 0 Å². The molecule has 0 spiro atoms. The van der Waals surface area contributed by atoms with E-state index in [-0.39, 0.29) is 5.82 Å². The number of hydrogen-bond donors (Lipinski definition) is 0. The molecule has 0 bridgehead atoms. The van der Waals surface area contributed by atoms with Crippen molar-refractivity contribution in [2.24, 2.45) is 0 Å². The molecule has 0 aliphatic carbocycles. The summed E-state index contributed by atoms with van der Waals surface area (Å²) in [5.74, 6) is -0.289. The van der Waals surface area contributed by atoms with Crippen LogP contribution in [0.4, 0.5) is 4.39 Å². The Balaban J connectivity index is 2.94. The highest BCUT2D eigenvalue weighted by Gasteiger charge is 2.05. The lowest BCUT2D eigenvalue weighted by Gasteiger charge is -2.01. The Kier molecular flexibility index (Phi) is 2.22. The van der Waals surface area contributed by atoms with E-state index in [1.807, 2.05) is 0 Å². The molecule has 4 heteroatoms. The first kappa shape index (κ1) is 8.91. The number of hydrogen-bond acceptors (Lipinski definition) is 1. The van der Waals surface area contributed by atoms with Crippen molar-refractivity contribution >= 4 is 38.3 Å². The zero-order chi connectivity index (χ0) is 9.42. The average molecular weight is 260 g/mol. The molecule has 2 aromatic rings. The Morgan fingerprint density at radius 2 is 2.08 bits per heavy atom. The van der Waals surface area contributed by atoms with Crippen LogP contribution in [-0.4, -0.2) is 4.98 Å². The molecule has 0 N–H and O–H groups in total. The highest BCUT2D eigenvalue weighted by molar-refractivity contribution is 9.10. The third-order valence-electron chi connectivity index (χ3n) is 1.74. The predicted octanol–water partition coefficient (Wildman–Crippen LogP) is 3.79. The topological polar surface area (TPSA) is 12.9 Å². The monoisotopic (exact) mass is 259 g/mol. The molecule has 13 heavy (non-hydrogen) atoms. The molecule has 1 nitrogen and oxygen atoms in total. The minimum absolute atomic E-state index is 0.289. The van der Waals surface area contributed by atoms with E-state index in [2.05, 4.69) is 20.9 Å². The van der Waals surface area contributed by atoms with E-state index in [0.717, 1.165) is 0 Å². The van der Waals surface area contributed by atoms with Crippen molar-refractivity contribution in [3.05, 3.63) is 39.8 Å². The summed E-state index contributed by atoms with van der Waals surface area (Å²) < 4.78 is 13.8. The van der Waals surface area contributed by atoms with Gasteiger partial charge in [0.1, 0.15) is 15.6 Å². The maximum Gasteiger partial charge on any atom is 0.138 e. The molecule has 1 aromatic carbocycles. The van der Waals surface area contributed by atoms with Crippen molar-refractivity contribution in [1.29, 1.82) is 0 Å². The van der Waals surface area contributed by atoms with Crippen LogP contribution in [0.25, 0.3) is 10.8 Å². The summed E-state index contributed by atoms with van der Waals surface area (Å²) >= 11 is 8.98. The Hall–Kier alpha value is -0.670. The molecule has 1 heterocycles. The molecule has 0 fully saturated rings. The van der Waals surface area contributed by atoms with E-state index in [1.165, 1.54) is 6.07 Å². The number of pyridine rings is 1. The van der Waals surface area contributed by atoms with Crippen LogP contribution >= 0.6 is 27.5 Å². The van der Waals surface area contributed by atoms with E-state index >= 15 is 0 Å². The largest absolute Gasteiger partial charge is 0.229 e. The number of aromatic nitrogens is 1. The summed E-state index contributed by atoms with van der Waals surface area (Å²) in [6.45, 7) is 0. The van der Waals surface area contributed by atoms with Crippen LogP contribution in [0.15, 0.2) is 28.9 Å². The van der Waals surface area contributed by atoms with Crippen LogP contribution in [-0.2, 0) is 0 Å². The second-order valence-electron chi connectivity index (χ2n) is 2.57. The van der Waals surface area contributed by atoms with Crippen molar-refractivity contribution in [1.82, 2.24) is 4.98 Å². The molecule has 0 aliphatic heterocycles. The van der Waals surface area contributed by atoms with Crippen molar-refractivity contribution in [2.75, 3.05) is 0 Å². The van der Waals surface area contributed by atoms with Gasteiger partial charge in [0.25, 0.3) is 0 Å². The molecular formula is C9H4BrClFN. The van der Waals surface area contributed by atoms with Gasteiger partial charge in [-0.15, -0.1) is 0 Å². The highest BCUT2D eigenvalue weighted by Crippen LogP contribution is 2.26. The van der Waals surface area contributed by atoms with Gasteiger partial charge in [0, 0.05) is 10.8 Å². The van der Waals surface area contributed by atoms with E-state index in [4.69, 9.17) is 11.6 Å². The zero-order valence-corrected chi connectivity index (χ0v) is 8.73. The quantitative estimate of drug-likeness (QED) is 0.657. The van der Waals surface area contributed by atoms with Crippen LogP contribution < -0.4 is 0 Å². The molecule has 66 valence electrons. The van der Waals surface area contributed by atoms with Gasteiger partial charge in [-0.2, -0.15) is 0 Å². The molecule has 0 saturated carbocycles. The van der Waals surface area contributed by atoms with Gasteiger partial charge in [0.2, 0.25) is 0 Å². The van der Waals surface area contributed by atoms with E-state index in [1.54, 1.807) is 18.2 Å². The summed E-state index contributed by atoms with van der Waals surface area (Å²) in [6.07, 6.45) is 0. The van der Waals surface area contributed by atoms with Gasteiger partial charge in [-0.25, -0.2) is 9.37 Å². The maximum atomic E-state index is 13.2. The van der Waals surface area contributed by atoms with Crippen molar-refractivity contribution in [3.63, 3.8) is 0 Å². The van der Waals surface area contributed by atoms with E-state index < -0.39 is 0 Å². The molecule has 0 aliphatic rings. The van der Waals surface area contributed by atoms with Crippen LogP contribution in [0, 0.1) is 5.82 Å². The van der Waals surface area contributed by atoms with Crippen LogP contribution in [0.1, 0.15) is 0 Å². The van der Waals surface area contributed by atoms with E-state index in [9.17, 15) is 4.39 Å². The standard InChI is InChI=1S/C9H4BrClFN/c10-8-4-6-5(9(11)13-8)2-1-3-7(6)12/h1-4H. The first-order valence-electron chi connectivity index (χ1n) is 3.59. The van der Waals surface area contributed by atoms with Gasteiger partial charge in [-0.1, -0.05) is 23.7 Å². The third kappa shape index (κ3) is 1.54. The second kappa shape index (κ2) is 3.24. The van der Waals surface area contributed by atoms with Crippen LogP contribution in [0.5, 0.6) is 0 Å². The third-order valence-corrected chi connectivity index (χ3v) is 2.44. The van der Waals surface area contributed by atoms with Gasteiger partial charge < -0.3 is 0 Å². The first-order chi connectivity index (χ1) is 6.18. The smallest absolute Gasteiger partial charge is 0.138 e. The Morgan fingerprint density at radius 3 is 2.85 bits per heavy atom. The number of halogens is 3. The summed E-state index contributed by atoms with van der Waals surface area (Å²) in [5.41, 5.74) is 0. The summed E-state index contributed by atoms with van der Waals surface area (Å²) in [5, 5.41) is 1.42. The molecule has 0 amide bonds. The average Bonchev–Trinajstić information content (AvgIpc) is 2.07. The minimum atomic E-state index is -0.289. The predicted molar refractivity (Wildman–Crippen MR) is 54.4 cm³/mol. The number of fused-ring (bicyclic) bond motifs is 1. The molecule has 0 unspecified atom stereocenters. The van der Waals surface area contributed by atoms with Crippen LogP contribution in [0.3, 0.4) is 0 Å². The second-order valence-corrected chi connectivity index (χ2v) is 3.74. The Morgan fingerprint density at radius 1 is 1.31 bits per heavy atom. The van der Waals surface area contributed by atoms with Crippen molar-refractivity contribution < 1.29 is 4.39 Å². The molecule has 0 atom stereocenters. The lowest BCUT2D eigenvalue weighted by molar-refractivity contribution is 0.639. The SMILES string of the molecule is Fc1cccc2c(Cl)nc(Br)cc12. The fraction of sp³-hybridized carbons (Fsp3) is 0. The fourth-order valence-electron chi connectivity index (χ4n) is 1.17. The molecule has 0 saturated heterocycles. The highest BCUT2D eigenvalue weighted by atomic mass is 79.9. The Labute approximate surface area is 87.7 Å². The van der Waals surface area contributed by atoms with E-state index in [0.29, 0.717) is 20.5 Å². The zero-order valence-electron chi connectivity index (χ0n) is 6.39. The minimum Gasteiger partial charge on any atom is -0.229 e. The molecular weight excluding hydrogens is 256 g/mol. The lowest BCUT2D eigenvalue weighted by Crippen LogP contribution is -1.84. The fourth-order valence-corrected chi connectivity index (χ4v) is 1.93. The van der Waals surface area contributed by atoms with Gasteiger partial charge in [-0.3, -0.25) is 0 Å². The lowest BCUT2D eigenvalue weighted by atomic mass is 10.2. The number of benzene rings is 1. The Bertz CT molecular complexity index is 472. The normalized spacial score (nSPS) is 10.7. The molecule has 1 aromatic heterocycles. The number of nitrogens with zero attached hydrogens (tertiary/aromatic N) is 1. The van der Waals surface area contributed by atoms with Crippen molar-refractivity contribution in [2.45, 2.75) is 0 Å². The van der Waals surface area contributed by atoms with Crippen molar-refractivity contribution in [3.8, 4) is 0 Å². The summed E-state index contributed by atoms with van der Waals surface area (Å²) in [7, 11) is 0. The molecule has 2 rings (SSSR count). The number of rotatable bonds is 0. The summed E-state index contributed by atoms with van der Waals surface area (Å²) in [6, 6.07) is 6.35. The van der Waals surface area contributed by atoms with Crippen LogP contribution in [0.2, 0.25) is 5.15 Å². The van der Waals surface area contributed by atoms with Gasteiger partial charge in [0.05, 0.1) is 0 Å². The van der Waals surface area contributed by atoms with Gasteiger partial charge in [0.15, 0.2) is 0 Å². The first-order valence-corrected chi connectivity index (χ1v) is 4.76. The summed E-state index contributed by atoms with van der Waals surface area (Å²) in [4.78, 5) is 3.96. The molecule has 0 radical (unpaired) electrons. The van der Waals surface area contributed by atoms with Gasteiger partial charge in [-0.05, 0) is 28.1 Å².